The Kier molecular flexibility index (Phi) is 7.93. The first-order valence-corrected chi connectivity index (χ1v) is 14.0. The average molecular weight is 535 g/mol. The van der Waals surface area contributed by atoms with Gasteiger partial charge in [-0.25, -0.2) is 4.68 Å². The highest BCUT2D eigenvalue weighted by atomic mass is 32.2. The first-order valence-electron chi connectivity index (χ1n) is 13.0. The first kappa shape index (κ1) is 27.8. The third kappa shape index (κ3) is 5.32. The molecule has 38 heavy (non-hydrogen) atoms. The second-order valence-corrected chi connectivity index (χ2v) is 12.2. The first-order chi connectivity index (χ1) is 17.9. The van der Waals surface area contributed by atoms with E-state index in [1.165, 1.54) is 0 Å². The van der Waals surface area contributed by atoms with Crippen molar-refractivity contribution in [1.29, 1.82) is 0 Å². The third-order valence-electron chi connectivity index (χ3n) is 6.78. The van der Waals surface area contributed by atoms with E-state index in [9.17, 15) is 9.59 Å². The van der Waals surface area contributed by atoms with Crippen LogP contribution in [-0.2, 0) is 15.0 Å². The van der Waals surface area contributed by atoms with E-state index in [0.29, 0.717) is 5.82 Å². The van der Waals surface area contributed by atoms with Crippen molar-refractivity contribution in [3.63, 3.8) is 0 Å². The van der Waals surface area contributed by atoms with Gasteiger partial charge >= 0.3 is 0 Å². The predicted molar refractivity (Wildman–Crippen MR) is 155 cm³/mol. The Morgan fingerprint density at radius 1 is 1.16 bits per heavy atom. The molecule has 1 N–H and O–H groups in total. The fraction of sp³-hybridized carbons (Fsp3) is 0.433. The number of methoxy groups -OCH3 is 1. The molecule has 2 heterocycles. The average Bonchev–Trinajstić information content (AvgIpc) is 3.18. The Hall–Kier alpha value is -3.26. The summed E-state index contributed by atoms with van der Waals surface area (Å²) in [6, 6.07) is 14.0. The molecule has 0 unspecified atom stereocenters. The van der Waals surface area contributed by atoms with Gasteiger partial charge in [-0.2, -0.15) is 5.10 Å². The quantitative estimate of drug-likeness (QED) is 0.453. The van der Waals surface area contributed by atoms with Gasteiger partial charge in [0, 0.05) is 22.6 Å². The molecule has 0 saturated heterocycles. The van der Waals surface area contributed by atoms with Gasteiger partial charge in [-0.05, 0) is 51.0 Å². The molecule has 0 fully saturated rings. The molecule has 0 bridgehead atoms. The van der Waals surface area contributed by atoms with Crippen molar-refractivity contribution < 1.29 is 14.3 Å². The number of rotatable bonds is 6. The minimum Gasteiger partial charge on any atom is -0.496 e. The van der Waals surface area contributed by atoms with E-state index in [4.69, 9.17) is 9.84 Å². The number of ether oxygens (including phenoxy) is 1. The van der Waals surface area contributed by atoms with Crippen LogP contribution in [0.25, 0.3) is 5.69 Å². The molecule has 1 aliphatic rings. The molecule has 2 amide bonds. The Morgan fingerprint density at radius 2 is 1.87 bits per heavy atom. The van der Waals surface area contributed by atoms with E-state index in [0.717, 1.165) is 39.4 Å². The lowest BCUT2D eigenvalue weighted by Crippen LogP contribution is -2.44. The number of hydrogen-bond donors (Lipinski definition) is 1. The zero-order chi connectivity index (χ0) is 27.8. The number of aromatic nitrogens is 2. The van der Waals surface area contributed by atoms with E-state index in [-0.39, 0.29) is 40.8 Å². The van der Waals surface area contributed by atoms with Crippen LogP contribution in [0.15, 0.2) is 42.5 Å². The van der Waals surface area contributed by atoms with Gasteiger partial charge in [0.25, 0.3) is 0 Å². The number of benzene rings is 2. The maximum absolute atomic E-state index is 13.8. The number of para-hydroxylation sites is 1. The van der Waals surface area contributed by atoms with Gasteiger partial charge in [-0.3, -0.25) is 14.5 Å². The second kappa shape index (κ2) is 10.8. The molecule has 0 aliphatic carbocycles. The molecule has 202 valence electrons. The van der Waals surface area contributed by atoms with Crippen molar-refractivity contribution in [1.82, 2.24) is 15.1 Å². The molecule has 1 aromatic heterocycles. The van der Waals surface area contributed by atoms with E-state index in [1.807, 2.05) is 54.9 Å². The predicted octanol–water partition coefficient (Wildman–Crippen LogP) is 5.49. The topological polar surface area (TPSA) is 76.5 Å². The minimum absolute atomic E-state index is 0.0335. The number of thioether (sulfide) groups is 1. The number of fused-ring (bicyclic) bond motifs is 1. The number of carbonyl (C=O) groups is 2. The molecule has 0 spiro atoms. The van der Waals surface area contributed by atoms with Crippen LogP contribution in [-0.4, -0.2) is 47.0 Å². The number of aryl methyl sites for hydroxylation is 1. The summed E-state index contributed by atoms with van der Waals surface area (Å²) in [5.41, 5.74) is 5.58. The fourth-order valence-corrected chi connectivity index (χ4v) is 6.07. The molecule has 4 rings (SSSR count). The molecule has 1 atom stereocenters. The molecule has 2 aromatic carbocycles. The van der Waals surface area contributed by atoms with Crippen LogP contribution in [0.4, 0.5) is 5.82 Å². The standard InChI is InChI=1S/C30H38N4O3S/c1-18(2)31-24(35)16-33-25(36)17-38-27(21-13-9-10-15-23(21)37-8)26-28(30(5,6)7)32-34(29(26)33)22-14-11-12-19(3)20(22)4/h9-15,18,27H,16-17H2,1-8H3,(H,31,35)/t27-/m1/s1. The molecule has 7 nitrogen and oxygen atoms in total. The summed E-state index contributed by atoms with van der Waals surface area (Å²) in [7, 11) is 1.67. The summed E-state index contributed by atoms with van der Waals surface area (Å²) >= 11 is 1.55. The van der Waals surface area contributed by atoms with Crippen LogP contribution in [0, 0.1) is 13.8 Å². The van der Waals surface area contributed by atoms with Gasteiger partial charge in [0.2, 0.25) is 11.8 Å². The Bertz CT molecular complexity index is 1360. The number of hydrogen-bond acceptors (Lipinski definition) is 5. The molecule has 1 aliphatic heterocycles. The fourth-order valence-electron chi connectivity index (χ4n) is 4.85. The van der Waals surface area contributed by atoms with Gasteiger partial charge in [0.05, 0.1) is 29.5 Å². The van der Waals surface area contributed by atoms with Crippen LogP contribution >= 0.6 is 11.8 Å². The molecular formula is C30H38N4O3S. The SMILES string of the molecule is COc1ccccc1[C@H]1SCC(=O)N(CC(=O)NC(C)C)c2c1c(C(C)(C)C)nn2-c1cccc(C)c1C. The summed E-state index contributed by atoms with van der Waals surface area (Å²) in [5.74, 6) is 1.30. The van der Waals surface area contributed by atoms with E-state index >= 15 is 0 Å². The van der Waals surface area contributed by atoms with Crippen LogP contribution in [0.5, 0.6) is 5.75 Å². The molecule has 0 radical (unpaired) electrons. The number of carbonyl (C=O) groups excluding carboxylic acids is 2. The third-order valence-corrected chi connectivity index (χ3v) is 8.01. The monoisotopic (exact) mass is 534 g/mol. The van der Waals surface area contributed by atoms with Gasteiger partial charge in [-0.1, -0.05) is 51.1 Å². The van der Waals surface area contributed by atoms with E-state index in [2.05, 4.69) is 46.0 Å². The van der Waals surface area contributed by atoms with Crippen LogP contribution < -0.4 is 15.0 Å². The second-order valence-electron chi connectivity index (χ2n) is 11.1. The summed E-state index contributed by atoms with van der Waals surface area (Å²) < 4.78 is 7.65. The van der Waals surface area contributed by atoms with Gasteiger partial charge < -0.3 is 10.1 Å². The summed E-state index contributed by atoms with van der Waals surface area (Å²) in [6.07, 6.45) is 0. The highest BCUT2D eigenvalue weighted by molar-refractivity contribution is 8.00. The van der Waals surface area contributed by atoms with Crippen molar-refractivity contribution in [3.05, 3.63) is 70.4 Å². The Balaban J connectivity index is 2.07. The minimum atomic E-state index is -0.326. The van der Waals surface area contributed by atoms with Crippen molar-refractivity contribution in [2.75, 3.05) is 24.3 Å². The lowest BCUT2D eigenvalue weighted by molar-refractivity contribution is -0.123. The maximum Gasteiger partial charge on any atom is 0.240 e. The Labute approximate surface area is 229 Å². The molecular weight excluding hydrogens is 496 g/mol. The van der Waals surface area contributed by atoms with Gasteiger partial charge in [0.1, 0.15) is 18.1 Å². The van der Waals surface area contributed by atoms with Gasteiger partial charge in [0.15, 0.2) is 0 Å². The lowest BCUT2D eigenvalue weighted by atomic mass is 9.87. The normalized spacial score (nSPS) is 15.9. The van der Waals surface area contributed by atoms with Gasteiger partial charge in [-0.15, -0.1) is 11.8 Å². The summed E-state index contributed by atoms with van der Waals surface area (Å²) in [4.78, 5) is 28.5. The van der Waals surface area contributed by atoms with Crippen molar-refractivity contribution in [3.8, 4) is 11.4 Å². The zero-order valence-electron chi connectivity index (χ0n) is 23.6. The van der Waals surface area contributed by atoms with Crippen LogP contribution in [0.1, 0.15) is 67.8 Å². The molecule has 8 heteroatoms. The largest absolute Gasteiger partial charge is 0.496 e. The summed E-state index contributed by atoms with van der Waals surface area (Å²) in [6.45, 7) is 14.3. The van der Waals surface area contributed by atoms with E-state index in [1.54, 1.807) is 23.8 Å². The lowest BCUT2D eigenvalue weighted by Gasteiger charge is -2.25. The smallest absolute Gasteiger partial charge is 0.240 e. The highest BCUT2D eigenvalue weighted by Crippen LogP contribution is 2.50. The van der Waals surface area contributed by atoms with E-state index < -0.39 is 0 Å². The number of nitrogens with zero attached hydrogens (tertiary/aromatic N) is 3. The molecule has 3 aromatic rings. The van der Waals surface area contributed by atoms with Crippen molar-refractivity contribution in [2.45, 2.75) is 65.2 Å². The number of anilines is 1. The Morgan fingerprint density at radius 3 is 2.53 bits per heavy atom. The molecule has 0 saturated carbocycles. The van der Waals surface area contributed by atoms with Crippen molar-refractivity contribution >= 4 is 29.4 Å². The zero-order valence-corrected chi connectivity index (χ0v) is 24.4. The highest BCUT2D eigenvalue weighted by Gasteiger charge is 2.40. The number of nitrogens with one attached hydrogen (secondary N) is 1. The number of amides is 2. The van der Waals surface area contributed by atoms with Crippen LogP contribution in [0.2, 0.25) is 0 Å². The van der Waals surface area contributed by atoms with Crippen molar-refractivity contribution in [2.24, 2.45) is 0 Å². The van der Waals surface area contributed by atoms with Crippen LogP contribution in [0.3, 0.4) is 0 Å². The maximum atomic E-state index is 13.8. The summed E-state index contributed by atoms with van der Waals surface area (Å²) in [5, 5.41) is 7.94.